The molecule has 0 heterocycles. The van der Waals surface area contributed by atoms with E-state index in [1.807, 2.05) is 0 Å². The standard InChI is InChI=1S/C12H17F2NO2/c1-17-5-4-15-8-11(16)7-9-6-10(13)2-3-12(9)14/h2-3,6,11,15-16H,4-5,7-8H2,1H3. The Bertz CT molecular complexity index is 347. The third-order valence-electron chi connectivity index (χ3n) is 2.33. The van der Waals surface area contributed by atoms with Crippen molar-refractivity contribution in [3.8, 4) is 0 Å². The van der Waals surface area contributed by atoms with Gasteiger partial charge < -0.3 is 15.2 Å². The number of halogens is 2. The van der Waals surface area contributed by atoms with Gasteiger partial charge in [0.25, 0.3) is 0 Å². The van der Waals surface area contributed by atoms with E-state index < -0.39 is 17.7 Å². The molecule has 0 fully saturated rings. The van der Waals surface area contributed by atoms with Gasteiger partial charge in [-0.2, -0.15) is 0 Å². The monoisotopic (exact) mass is 245 g/mol. The van der Waals surface area contributed by atoms with Gasteiger partial charge in [-0.05, 0) is 23.8 Å². The Morgan fingerprint density at radius 3 is 2.88 bits per heavy atom. The van der Waals surface area contributed by atoms with Crippen molar-refractivity contribution in [3.05, 3.63) is 35.4 Å². The van der Waals surface area contributed by atoms with Crippen molar-refractivity contribution in [1.82, 2.24) is 5.32 Å². The van der Waals surface area contributed by atoms with E-state index in [1.165, 1.54) is 0 Å². The van der Waals surface area contributed by atoms with E-state index in [0.717, 1.165) is 18.2 Å². The summed E-state index contributed by atoms with van der Waals surface area (Å²) in [6.07, 6.45) is -0.660. The van der Waals surface area contributed by atoms with E-state index in [4.69, 9.17) is 4.74 Å². The molecule has 1 unspecified atom stereocenters. The molecule has 1 aromatic carbocycles. The predicted octanol–water partition coefficient (Wildman–Crippen LogP) is 1.10. The van der Waals surface area contributed by atoms with Crippen molar-refractivity contribution in [1.29, 1.82) is 0 Å². The SMILES string of the molecule is COCCNCC(O)Cc1cc(F)ccc1F. The lowest BCUT2D eigenvalue weighted by molar-refractivity contribution is 0.159. The Morgan fingerprint density at radius 2 is 2.18 bits per heavy atom. The highest BCUT2D eigenvalue weighted by molar-refractivity contribution is 5.19. The molecule has 0 spiro atoms. The van der Waals surface area contributed by atoms with Crippen LogP contribution in [0.4, 0.5) is 8.78 Å². The Morgan fingerprint density at radius 1 is 1.41 bits per heavy atom. The molecule has 5 heteroatoms. The van der Waals surface area contributed by atoms with Gasteiger partial charge in [0.1, 0.15) is 11.6 Å². The maximum Gasteiger partial charge on any atom is 0.126 e. The number of aliphatic hydroxyl groups is 1. The molecule has 96 valence electrons. The first-order chi connectivity index (χ1) is 8.13. The van der Waals surface area contributed by atoms with Crippen molar-refractivity contribution in [2.24, 2.45) is 0 Å². The number of rotatable bonds is 7. The average molecular weight is 245 g/mol. The second-order valence-electron chi connectivity index (χ2n) is 3.79. The molecule has 0 bridgehead atoms. The van der Waals surface area contributed by atoms with Crippen LogP contribution in [0.2, 0.25) is 0 Å². The first-order valence-corrected chi connectivity index (χ1v) is 5.45. The summed E-state index contributed by atoms with van der Waals surface area (Å²) in [5.74, 6) is -0.997. The zero-order valence-corrected chi connectivity index (χ0v) is 9.75. The molecule has 0 saturated heterocycles. The van der Waals surface area contributed by atoms with E-state index in [-0.39, 0.29) is 12.0 Å². The van der Waals surface area contributed by atoms with Crippen LogP contribution in [-0.4, -0.2) is 38.0 Å². The summed E-state index contributed by atoms with van der Waals surface area (Å²) in [5, 5.41) is 12.6. The molecule has 0 aliphatic carbocycles. The number of nitrogens with one attached hydrogen (secondary N) is 1. The van der Waals surface area contributed by atoms with Crippen LogP contribution in [-0.2, 0) is 11.2 Å². The van der Waals surface area contributed by atoms with Gasteiger partial charge in [-0.15, -0.1) is 0 Å². The summed E-state index contributed by atoms with van der Waals surface area (Å²) in [5.41, 5.74) is 0.186. The minimum absolute atomic E-state index is 0.0869. The summed E-state index contributed by atoms with van der Waals surface area (Å²) in [6, 6.07) is 3.23. The summed E-state index contributed by atoms with van der Waals surface area (Å²) >= 11 is 0. The van der Waals surface area contributed by atoms with Crippen LogP contribution < -0.4 is 5.32 Å². The predicted molar refractivity (Wildman–Crippen MR) is 60.8 cm³/mol. The number of benzene rings is 1. The number of methoxy groups -OCH3 is 1. The second-order valence-corrected chi connectivity index (χ2v) is 3.79. The van der Waals surface area contributed by atoms with E-state index in [0.29, 0.717) is 19.7 Å². The smallest absolute Gasteiger partial charge is 0.126 e. The summed E-state index contributed by atoms with van der Waals surface area (Å²) in [4.78, 5) is 0. The minimum atomic E-state index is -0.747. The van der Waals surface area contributed by atoms with Crippen molar-refractivity contribution in [2.45, 2.75) is 12.5 Å². The van der Waals surface area contributed by atoms with Gasteiger partial charge in [0.2, 0.25) is 0 Å². The van der Waals surface area contributed by atoms with Gasteiger partial charge in [-0.1, -0.05) is 0 Å². The van der Waals surface area contributed by atoms with Crippen LogP contribution in [0.15, 0.2) is 18.2 Å². The Labute approximate surface area is 99.4 Å². The number of hydrogen-bond donors (Lipinski definition) is 2. The van der Waals surface area contributed by atoms with Crippen molar-refractivity contribution >= 4 is 0 Å². The van der Waals surface area contributed by atoms with Gasteiger partial charge in [0, 0.05) is 26.6 Å². The van der Waals surface area contributed by atoms with Crippen LogP contribution in [0.25, 0.3) is 0 Å². The Kier molecular flexibility index (Phi) is 6.04. The minimum Gasteiger partial charge on any atom is -0.391 e. The average Bonchev–Trinajstić information content (AvgIpc) is 2.29. The van der Waals surface area contributed by atoms with Crippen LogP contribution in [0.5, 0.6) is 0 Å². The summed E-state index contributed by atoms with van der Waals surface area (Å²) in [7, 11) is 1.58. The van der Waals surface area contributed by atoms with Gasteiger partial charge >= 0.3 is 0 Å². The molecular weight excluding hydrogens is 228 g/mol. The highest BCUT2D eigenvalue weighted by Gasteiger charge is 2.10. The van der Waals surface area contributed by atoms with Gasteiger partial charge in [-0.25, -0.2) is 8.78 Å². The van der Waals surface area contributed by atoms with E-state index in [1.54, 1.807) is 7.11 Å². The van der Waals surface area contributed by atoms with Crippen LogP contribution >= 0.6 is 0 Å². The molecule has 17 heavy (non-hydrogen) atoms. The van der Waals surface area contributed by atoms with Crippen molar-refractivity contribution in [2.75, 3.05) is 26.8 Å². The number of aliphatic hydroxyl groups excluding tert-OH is 1. The zero-order chi connectivity index (χ0) is 12.7. The molecule has 0 radical (unpaired) electrons. The lowest BCUT2D eigenvalue weighted by atomic mass is 10.1. The van der Waals surface area contributed by atoms with Crippen LogP contribution in [0, 0.1) is 11.6 Å². The molecule has 0 amide bonds. The molecule has 0 aliphatic rings. The molecule has 3 nitrogen and oxygen atoms in total. The lowest BCUT2D eigenvalue weighted by Crippen LogP contribution is -2.30. The normalized spacial score (nSPS) is 12.7. The van der Waals surface area contributed by atoms with E-state index >= 15 is 0 Å². The highest BCUT2D eigenvalue weighted by Crippen LogP contribution is 2.11. The molecule has 0 aromatic heterocycles. The number of hydrogen-bond acceptors (Lipinski definition) is 3. The number of ether oxygens (including phenoxy) is 1. The lowest BCUT2D eigenvalue weighted by Gasteiger charge is -2.12. The Hall–Kier alpha value is -1.04. The van der Waals surface area contributed by atoms with Crippen molar-refractivity contribution < 1.29 is 18.6 Å². The van der Waals surface area contributed by atoms with Gasteiger partial charge in [0.05, 0.1) is 12.7 Å². The molecule has 1 aromatic rings. The molecule has 0 saturated carbocycles. The summed E-state index contributed by atoms with van der Waals surface area (Å²) < 4.78 is 30.9. The quantitative estimate of drug-likeness (QED) is 0.707. The first-order valence-electron chi connectivity index (χ1n) is 5.45. The maximum atomic E-state index is 13.3. The fraction of sp³-hybridized carbons (Fsp3) is 0.500. The van der Waals surface area contributed by atoms with E-state index in [9.17, 15) is 13.9 Å². The molecule has 1 atom stereocenters. The van der Waals surface area contributed by atoms with Gasteiger partial charge in [-0.3, -0.25) is 0 Å². The van der Waals surface area contributed by atoms with Gasteiger partial charge in [0.15, 0.2) is 0 Å². The topological polar surface area (TPSA) is 41.5 Å². The third-order valence-corrected chi connectivity index (χ3v) is 2.33. The second kappa shape index (κ2) is 7.32. The van der Waals surface area contributed by atoms with Crippen LogP contribution in [0.3, 0.4) is 0 Å². The molecule has 1 rings (SSSR count). The molecule has 0 aliphatic heterocycles. The summed E-state index contributed by atoms with van der Waals surface area (Å²) in [6.45, 7) is 1.47. The zero-order valence-electron chi connectivity index (χ0n) is 9.75. The molecule has 2 N–H and O–H groups in total. The van der Waals surface area contributed by atoms with Crippen molar-refractivity contribution in [3.63, 3.8) is 0 Å². The van der Waals surface area contributed by atoms with E-state index in [2.05, 4.69) is 5.32 Å². The fourth-order valence-corrected chi connectivity index (χ4v) is 1.47. The third kappa shape index (κ3) is 5.21. The molecular formula is C12H17F2NO2. The fourth-order valence-electron chi connectivity index (χ4n) is 1.47. The Balaban J connectivity index is 2.39. The maximum absolute atomic E-state index is 13.3. The first kappa shape index (κ1) is 14.0. The van der Waals surface area contributed by atoms with Crippen LogP contribution in [0.1, 0.15) is 5.56 Å². The largest absolute Gasteiger partial charge is 0.391 e. The highest BCUT2D eigenvalue weighted by atomic mass is 19.1.